The zero-order valence-corrected chi connectivity index (χ0v) is 8.31. The van der Waals surface area contributed by atoms with E-state index >= 15 is 0 Å². The maximum absolute atomic E-state index is 12.6. The summed E-state index contributed by atoms with van der Waals surface area (Å²) in [7, 11) is 1.81. The minimum atomic E-state index is -0.225. The van der Waals surface area contributed by atoms with Crippen molar-refractivity contribution in [2.45, 2.75) is 6.54 Å². The van der Waals surface area contributed by atoms with Crippen LogP contribution in [0.2, 0.25) is 0 Å². The van der Waals surface area contributed by atoms with Gasteiger partial charge in [-0.25, -0.2) is 9.07 Å². The van der Waals surface area contributed by atoms with Crippen LogP contribution in [0.5, 0.6) is 0 Å². The summed E-state index contributed by atoms with van der Waals surface area (Å²) >= 11 is 0. The van der Waals surface area contributed by atoms with Gasteiger partial charge in [-0.2, -0.15) is 10.1 Å². The van der Waals surface area contributed by atoms with Gasteiger partial charge >= 0.3 is 0 Å². The normalized spacial score (nSPS) is 10.3. The van der Waals surface area contributed by atoms with Crippen molar-refractivity contribution in [1.29, 1.82) is 0 Å². The lowest BCUT2D eigenvalue weighted by molar-refractivity contribution is 0.627. The van der Waals surface area contributed by atoms with Crippen molar-refractivity contribution in [3.8, 4) is 0 Å². The molecule has 1 aromatic heterocycles. The van der Waals surface area contributed by atoms with Gasteiger partial charge in [0.2, 0.25) is 5.95 Å². The lowest BCUT2D eigenvalue weighted by atomic mass is 10.2. The Balaban J connectivity index is 1.99. The summed E-state index contributed by atoms with van der Waals surface area (Å²) in [4.78, 5) is 4.02. The van der Waals surface area contributed by atoms with Crippen molar-refractivity contribution < 1.29 is 4.39 Å². The van der Waals surface area contributed by atoms with Crippen LogP contribution in [0, 0.1) is 5.82 Å². The Labute approximate surface area is 86.8 Å². The van der Waals surface area contributed by atoms with Gasteiger partial charge in [0.25, 0.3) is 0 Å². The van der Waals surface area contributed by atoms with Crippen LogP contribution in [-0.4, -0.2) is 14.8 Å². The van der Waals surface area contributed by atoms with Gasteiger partial charge in [-0.15, -0.1) is 0 Å². The van der Waals surface area contributed by atoms with Gasteiger partial charge in [0.15, 0.2) is 0 Å². The fourth-order valence-electron chi connectivity index (χ4n) is 1.24. The maximum Gasteiger partial charge on any atom is 0.221 e. The van der Waals surface area contributed by atoms with Crippen molar-refractivity contribution in [3.05, 3.63) is 42.0 Å². The van der Waals surface area contributed by atoms with Crippen LogP contribution in [0.4, 0.5) is 10.3 Å². The van der Waals surface area contributed by atoms with Gasteiger partial charge in [0, 0.05) is 13.6 Å². The van der Waals surface area contributed by atoms with Crippen LogP contribution in [0.15, 0.2) is 30.6 Å². The lowest BCUT2D eigenvalue weighted by Gasteiger charge is -2.04. The number of benzene rings is 1. The Morgan fingerprint density at radius 2 is 2.07 bits per heavy atom. The Kier molecular flexibility index (Phi) is 2.62. The fourth-order valence-corrected chi connectivity index (χ4v) is 1.24. The first kappa shape index (κ1) is 9.64. The largest absolute Gasteiger partial charge is 0.350 e. The Bertz CT molecular complexity index is 435. The molecule has 0 amide bonds. The van der Waals surface area contributed by atoms with Crippen molar-refractivity contribution in [1.82, 2.24) is 14.8 Å². The predicted molar refractivity (Wildman–Crippen MR) is 54.7 cm³/mol. The molecule has 4 nitrogen and oxygen atoms in total. The molecule has 78 valence electrons. The number of aryl methyl sites for hydroxylation is 1. The predicted octanol–water partition coefficient (Wildman–Crippen LogP) is 1.57. The molecule has 0 radical (unpaired) electrons. The third-order valence-corrected chi connectivity index (χ3v) is 2.08. The molecule has 0 fully saturated rings. The summed E-state index contributed by atoms with van der Waals surface area (Å²) in [5, 5.41) is 7.02. The first-order chi connectivity index (χ1) is 7.25. The Morgan fingerprint density at radius 1 is 1.33 bits per heavy atom. The molecule has 0 saturated carbocycles. The van der Waals surface area contributed by atoms with Gasteiger partial charge in [-0.05, 0) is 17.7 Å². The molecule has 1 aromatic carbocycles. The summed E-state index contributed by atoms with van der Waals surface area (Å²) in [6.07, 6.45) is 1.48. The Morgan fingerprint density at radius 3 is 2.67 bits per heavy atom. The van der Waals surface area contributed by atoms with E-state index in [1.807, 2.05) is 0 Å². The highest BCUT2D eigenvalue weighted by atomic mass is 19.1. The van der Waals surface area contributed by atoms with Crippen molar-refractivity contribution in [3.63, 3.8) is 0 Å². The van der Waals surface area contributed by atoms with E-state index in [-0.39, 0.29) is 5.82 Å². The van der Waals surface area contributed by atoms with E-state index in [4.69, 9.17) is 0 Å². The highest BCUT2D eigenvalue weighted by Gasteiger charge is 1.99. The van der Waals surface area contributed by atoms with Crippen molar-refractivity contribution >= 4 is 5.95 Å². The van der Waals surface area contributed by atoms with E-state index in [9.17, 15) is 4.39 Å². The average molecular weight is 206 g/mol. The van der Waals surface area contributed by atoms with Gasteiger partial charge in [0.1, 0.15) is 12.1 Å². The number of halogens is 1. The molecule has 1 N–H and O–H groups in total. The van der Waals surface area contributed by atoms with E-state index < -0.39 is 0 Å². The number of anilines is 1. The average Bonchev–Trinajstić information content (AvgIpc) is 2.63. The van der Waals surface area contributed by atoms with Crippen molar-refractivity contribution in [2.75, 3.05) is 5.32 Å². The number of aromatic nitrogens is 3. The van der Waals surface area contributed by atoms with E-state index in [2.05, 4.69) is 15.4 Å². The SMILES string of the molecule is Cn1ncnc1NCc1ccc(F)cc1. The molecule has 0 atom stereocenters. The summed E-state index contributed by atoms with van der Waals surface area (Å²) in [5.41, 5.74) is 0.999. The molecule has 0 spiro atoms. The van der Waals surface area contributed by atoms with Crippen LogP contribution in [-0.2, 0) is 13.6 Å². The monoisotopic (exact) mass is 206 g/mol. The van der Waals surface area contributed by atoms with Gasteiger partial charge in [-0.3, -0.25) is 0 Å². The Hall–Kier alpha value is -1.91. The molecular weight excluding hydrogens is 195 g/mol. The second-order valence-corrected chi connectivity index (χ2v) is 3.19. The number of rotatable bonds is 3. The molecule has 1 heterocycles. The molecule has 0 unspecified atom stereocenters. The number of hydrogen-bond acceptors (Lipinski definition) is 3. The van der Waals surface area contributed by atoms with Crippen LogP contribution >= 0.6 is 0 Å². The van der Waals surface area contributed by atoms with Crippen LogP contribution in [0.25, 0.3) is 0 Å². The number of nitrogens with zero attached hydrogens (tertiary/aromatic N) is 3. The lowest BCUT2D eigenvalue weighted by Crippen LogP contribution is -2.05. The maximum atomic E-state index is 12.6. The summed E-state index contributed by atoms with van der Waals surface area (Å²) in [6, 6.07) is 6.35. The molecule has 15 heavy (non-hydrogen) atoms. The molecule has 0 aliphatic rings. The first-order valence-corrected chi connectivity index (χ1v) is 4.58. The first-order valence-electron chi connectivity index (χ1n) is 4.58. The van der Waals surface area contributed by atoms with Crippen LogP contribution in [0.1, 0.15) is 5.56 Å². The van der Waals surface area contributed by atoms with Gasteiger partial charge in [0.05, 0.1) is 0 Å². The number of hydrogen-bond donors (Lipinski definition) is 1. The zero-order chi connectivity index (χ0) is 10.7. The molecule has 0 aliphatic carbocycles. The third kappa shape index (κ3) is 2.31. The highest BCUT2D eigenvalue weighted by molar-refractivity contribution is 5.26. The minimum absolute atomic E-state index is 0.225. The van der Waals surface area contributed by atoms with Crippen LogP contribution in [0.3, 0.4) is 0 Å². The highest BCUT2D eigenvalue weighted by Crippen LogP contribution is 2.05. The molecule has 5 heteroatoms. The summed E-state index contributed by atoms with van der Waals surface area (Å²) < 4.78 is 14.3. The zero-order valence-electron chi connectivity index (χ0n) is 8.31. The van der Waals surface area contributed by atoms with E-state index in [0.29, 0.717) is 12.5 Å². The van der Waals surface area contributed by atoms with Gasteiger partial charge in [-0.1, -0.05) is 12.1 Å². The molecular formula is C10H11FN4. The standard InChI is InChI=1S/C10H11FN4/c1-15-10(13-7-14-15)12-6-8-2-4-9(11)5-3-8/h2-5,7H,6H2,1H3,(H,12,13,14). The molecule has 0 aliphatic heterocycles. The third-order valence-electron chi connectivity index (χ3n) is 2.08. The smallest absolute Gasteiger partial charge is 0.221 e. The number of nitrogens with one attached hydrogen (secondary N) is 1. The van der Waals surface area contributed by atoms with E-state index in [0.717, 1.165) is 5.56 Å². The molecule has 2 aromatic rings. The summed E-state index contributed by atoms with van der Waals surface area (Å²) in [6.45, 7) is 0.604. The van der Waals surface area contributed by atoms with E-state index in [1.54, 1.807) is 23.9 Å². The molecule has 0 bridgehead atoms. The van der Waals surface area contributed by atoms with Crippen molar-refractivity contribution in [2.24, 2.45) is 7.05 Å². The molecule has 0 saturated heterocycles. The second kappa shape index (κ2) is 4.08. The summed E-state index contributed by atoms with van der Waals surface area (Å²) in [5.74, 6) is 0.469. The minimum Gasteiger partial charge on any atom is -0.350 e. The van der Waals surface area contributed by atoms with Crippen LogP contribution < -0.4 is 5.32 Å². The molecule has 2 rings (SSSR count). The quantitative estimate of drug-likeness (QED) is 0.828. The second-order valence-electron chi connectivity index (χ2n) is 3.19. The van der Waals surface area contributed by atoms with Gasteiger partial charge < -0.3 is 5.32 Å². The topological polar surface area (TPSA) is 42.7 Å². The fraction of sp³-hybridized carbons (Fsp3) is 0.200. The van der Waals surface area contributed by atoms with E-state index in [1.165, 1.54) is 18.5 Å².